The summed E-state index contributed by atoms with van der Waals surface area (Å²) in [4.78, 5) is 0. The fourth-order valence-corrected chi connectivity index (χ4v) is 6.71. The van der Waals surface area contributed by atoms with Crippen LogP contribution >= 0.6 is 7.60 Å². The van der Waals surface area contributed by atoms with Crippen molar-refractivity contribution in [1.82, 2.24) is 0 Å². The lowest BCUT2D eigenvalue weighted by Crippen LogP contribution is -2.30. The molecule has 0 aromatic heterocycles. The lowest BCUT2D eigenvalue weighted by Gasteiger charge is -2.23. The van der Waals surface area contributed by atoms with Crippen LogP contribution in [0.1, 0.15) is 77.7 Å². The van der Waals surface area contributed by atoms with Gasteiger partial charge in [-0.3, -0.25) is 4.57 Å². The van der Waals surface area contributed by atoms with E-state index in [0.717, 1.165) is 18.4 Å². The van der Waals surface area contributed by atoms with E-state index in [9.17, 15) is 4.57 Å². The molecule has 12 heteroatoms. The second-order valence-electron chi connectivity index (χ2n) is 11.3. The van der Waals surface area contributed by atoms with Gasteiger partial charge in [0.25, 0.3) is 0 Å². The molecular weight excluding hydrogens is 627 g/mol. The van der Waals surface area contributed by atoms with Gasteiger partial charge in [0.15, 0.2) is 0 Å². The van der Waals surface area contributed by atoms with Crippen molar-refractivity contribution in [3.8, 4) is 5.75 Å². The van der Waals surface area contributed by atoms with Crippen LogP contribution in [0, 0.1) is 0 Å². The third-order valence-corrected chi connectivity index (χ3v) is 9.54. The Balaban J connectivity index is 2.01. The molecule has 1 fully saturated rings. The normalized spacial score (nSPS) is 19.2. The molecule has 11 nitrogen and oxygen atoms in total. The summed E-state index contributed by atoms with van der Waals surface area (Å²) in [7, 11) is -3.60. The van der Waals surface area contributed by atoms with Gasteiger partial charge in [0, 0.05) is 0 Å². The van der Waals surface area contributed by atoms with E-state index in [1.54, 1.807) is 0 Å². The standard InChI is InChI=1S/C35H63O11P/c1-4-7-8-9-10-11-12-13-14-32-15-16-34(35(29-32)47(36,45-5-2)46-6-3)44-31-33-30-42-26-25-40-22-21-38-18-17-37-19-20-39-23-24-41-27-28-43-33/h15-16,29,33H,4-14,17-28,30-31H2,1-3H3. The molecule has 0 aliphatic carbocycles. The highest BCUT2D eigenvalue weighted by atomic mass is 31.2. The van der Waals surface area contributed by atoms with Crippen LogP contribution in [-0.2, 0) is 53.2 Å². The number of aryl methyl sites for hydroxylation is 1. The van der Waals surface area contributed by atoms with Crippen molar-refractivity contribution in [3.63, 3.8) is 0 Å². The molecule has 0 saturated carbocycles. The minimum atomic E-state index is -3.60. The van der Waals surface area contributed by atoms with Crippen LogP contribution in [0.3, 0.4) is 0 Å². The van der Waals surface area contributed by atoms with Crippen molar-refractivity contribution >= 4 is 12.9 Å². The Morgan fingerprint density at radius 1 is 0.638 bits per heavy atom. The first kappa shape index (κ1) is 42.1. The largest absolute Gasteiger partial charge is 0.490 e. The number of ether oxygens (including phenoxy) is 8. The second kappa shape index (κ2) is 28.7. The quantitative estimate of drug-likeness (QED) is 0.139. The summed E-state index contributed by atoms with van der Waals surface area (Å²) in [6.45, 7) is 12.4. The smallest absolute Gasteiger partial charge is 0.365 e. The molecule has 1 aliphatic heterocycles. The van der Waals surface area contributed by atoms with E-state index in [2.05, 4.69) is 6.92 Å². The summed E-state index contributed by atoms with van der Waals surface area (Å²) in [5, 5.41) is 0.450. The number of unbranched alkanes of at least 4 members (excludes halogenated alkanes) is 7. The topological polar surface area (TPSA) is 109 Å². The van der Waals surface area contributed by atoms with Gasteiger partial charge in [-0.25, -0.2) is 0 Å². The summed E-state index contributed by atoms with van der Waals surface area (Å²) in [5.74, 6) is 0.460. The van der Waals surface area contributed by atoms with Crippen molar-refractivity contribution in [2.45, 2.75) is 84.7 Å². The van der Waals surface area contributed by atoms with Crippen LogP contribution in [0.15, 0.2) is 18.2 Å². The van der Waals surface area contributed by atoms with Gasteiger partial charge in [-0.15, -0.1) is 0 Å². The molecule has 0 radical (unpaired) electrons. The number of rotatable bonds is 17. The zero-order valence-electron chi connectivity index (χ0n) is 29.4. The van der Waals surface area contributed by atoms with Gasteiger partial charge in [0.1, 0.15) is 23.8 Å². The first-order valence-electron chi connectivity index (χ1n) is 17.9. The minimum absolute atomic E-state index is 0.181. The van der Waals surface area contributed by atoms with Crippen molar-refractivity contribution in [2.75, 3.05) is 106 Å². The monoisotopic (exact) mass is 690 g/mol. The molecule has 1 aromatic rings. The SMILES string of the molecule is CCCCCCCCCCc1ccc(OCC2COCCOCCOCCOCCOCCOCCO2)c(P(=O)(OCC)OCC)c1. The fraction of sp³-hybridized carbons (Fsp3) is 0.829. The molecule has 0 spiro atoms. The van der Waals surface area contributed by atoms with E-state index in [4.69, 9.17) is 46.9 Å². The predicted octanol–water partition coefficient (Wildman–Crippen LogP) is 6.14. The first-order chi connectivity index (χ1) is 23.1. The van der Waals surface area contributed by atoms with Gasteiger partial charge in [0.2, 0.25) is 0 Å². The average Bonchev–Trinajstić information content (AvgIpc) is 3.07. The number of benzene rings is 1. The minimum Gasteiger partial charge on any atom is -0.490 e. The number of hydrogen-bond donors (Lipinski definition) is 0. The number of hydrogen-bond acceptors (Lipinski definition) is 11. The molecule has 1 saturated heterocycles. The van der Waals surface area contributed by atoms with E-state index in [1.807, 2.05) is 32.0 Å². The van der Waals surface area contributed by atoms with Gasteiger partial charge in [-0.05, 0) is 44.4 Å². The molecule has 1 unspecified atom stereocenters. The van der Waals surface area contributed by atoms with Crippen molar-refractivity contribution in [1.29, 1.82) is 0 Å². The summed E-state index contributed by atoms with van der Waals surface area (Å²) in [5.41, 5.74) is 1.09. The molecule has 2 rings (SSSR count). The maximum Gasteiger partial charge on any atom is 0.365 e. The molecule has 0 bridgehead atoms. The van der Waals surface area contributed by atoms with Crippen LogP contribution in [0.25, 0.3) is 0 Å². The third kappa shape index (κ3) is 20.2. The molecule has 1 heterocycles. The summed E-state index contributed by atoms with van der Waals surface area (Å²) < 4.78 is 71.5. The van der Waals surface area contributed by atoms with Crippen LogP contribution in [0.5, 0.6) is 5.75 Å². The summed E-state index contributed by atoms with van der Waals surface area (Å²) in [6.07, 6.45) is 10.5. The molecule has 0 N–H and O–H groups in total. The fourth-order valence-electron chi connectivity index (χ4n) is 4.95. The highest BCUT2D eigenvalue weighted by Crippen LogP contribution is 2.49. The van der Waals surface area contributed by atoms with Crippen LogP contribution in [0.2, 0.25) is 0 Å². The Bertz CT molecular complexity index is 888. The Morgan fingerprint density at radius 3 is 1.66 bits per heavy atom. The Hall–Kier alpha value is -1.11. The lowest BCUT2D eigenvalue weighted by molar-refractivity contribution is -0.0662. The zero-order chi connectivity index (χ0) is 33.7. The van der Waals surface area contributed by atoms with E-state index in [0.29, 0.717) is 96.9 Å². The van der Waals surface area contributed by atoms with E-state index in [1.165, 1.54) is 44.9 Å². The van der Waals surface area contributed by atoms with Crippen molar-refractivity contribution in [2.24, 2.45) is 0 Å². The molecular formula is C35H63O11P. The van der Waals surface area contributed by atoms with Gasteiger partial charge in [-0.1, -0.05) is 57.9 Å². The molecule has 1 aromatic carbocycles. The van der Waals surface area contributed by atoms with Crippen LogP contribution in [0.4, 0.5) is 0 Å². The Kier molecular flexibility index (Phi) is 25.7. The highest BCUT2D eigenvalue weighted by molar-refractivity contribution is 7.62. The van der Waals surface area contributed by atoms with Crippen molar-refractivity contribution < 1.29 is 51.5 Å². The van der Waals surface area contributed by atoms with E-state index >= 15 is 0 Å². The Labute approximate surface area is 284 Å². The zero-order valence-corrected chi connectivity index (χ0v) is 30.3. The molecule has 274 valence electrons. The molecule has 0 amide bonds. The van der Waals surface area contributed by atoms with E-state index in [-0.39, 0.29) is 19.8 Å². The second-order valence-corrected chi connectivity index (χ2v) is 13.3. The maximum absolute atomic E-state index is 14.0. The molecule has 47 heavy (non-hydrogen) atoms. The predicted molar refractivity (Wildman–Crippen MR) is 183 cm³/mol. The van der Waals surface area contributed by atoms with Gasteiger partial charge < -0.3 is 46.9 Å². The van der Waals surface area contributed by atoms with Gasteiger partial charge in [-0.2, -0.15) is 0 Å². The summed E-state index contributed by atoms with van der Waals surface area (Å²) >= 11 is 0. The average molecular weight is 691 g/mol. The maximum atomic E-state index is 14.0. The lowest BCUT2D eigenvalue weighted by atomic mass is 10.0. The first-order valence-corrected chi connectivity index (χ1v) is 19.4. The van der Waals surface area contributed by atoms with E-state index < -0.39 is 13.7 Å². The third-order valence-electron chi connectivity index (χ3n) is 7.41. The summed E-state index contributed by atoms with van der Waals surface area (Å²) in [6, 6.07) is 5.84. The van der Waals surface area contributed by atoms with Crippen molar-refractivity contribution in [3.05, 3.63) is 23.8 Å². The van der Waals surface area contributed by atoms with Gasteiger partial charge in [0.05, 0.1) is 99.1 Å². The van der Waals surface area contributed by atoms with Crippen LogP contribution < -0.4 is 10.0 Å². The Morgan fingerprint density at radius 2 is 1.13 bits per heavy atom. The molecule has 1 aliphatic rings. The molecule has 1 atom stereocenters. The highest BCUT2D eigenvalue weighted by Gasteiger charge is 2.31. The van der Waals surface area contributed by atoms with Crippen LogP contribution in [-0.4, -0.2) is 112 Å². The van der Waals surface area contributed by atoms with Gasteiger partial charge >= 0.3 is 7.60 Å².